The summed E-state index contributed by atoms with van der Waals surface area (Å²) in [5, 5.41) is 0.862. The van der Waals surface area contributed by atoms with E-state index in [-0.39, 0.29) is 5.78 Å². The number of hydrogen-bond acceptors (Lipinski definition) is 4. The van der Waals surface area contributed by atoms with Gasteiger partial charge in [-0.1, -0.05) is 24.3 Å². The molecule has 0 spiro atoms. The van der Waals surface area contributed by atoms with E-state index in [1.54, 1.807) is 37.4 Å². The van der Waals surface area contributed by atoms with E-state index in [1.807, 2.05) is 24.3 Å². The van der Waals surface area contributed by atoms with E-state index in [1.165, 1.54) is 7.11 Å². The van der Waals surface area contributed by atoms with Gasteiger partial charge in [-0.3, -0.25) is 4.79 Å². The van der Waals surface area contributed by atoms with Gasteiger partial charge in [0, 0.05) is 22.7 Å². The van der Waals surface area contributed by atoms with Crippen LogP contribution in [0.2, 0.25) is 0 Å². The van der Waals surface area contributed by atoms with Crippen molar-refractivity contribution in [2.24, 2.45) is 0 Å². The largest absolute Gasteiger partial charge is 0.483 e. The lowest BCUT2D eigenvalue weighted by atomic mass is 10.1. The highest BCUT2D eigenvalue weighted by Gasteiger charge is 2.20. The number of aromatic amines is 1. The first kappa shape index (κ1) is 15.8. The molecule has 3 aromatic rings. The Bertz CT molecular complexity index is 897. The van der Waals surface area contributed by atoms with E-state index in [0.717, 1.165) is 10.9 Å². The molecule has 3 rings (SSSR count). The molecule has 0 aliphatic heterocycles. The maximum Gasteiger partial charge on any atom is 0.337 e. The summed E-state index contributed by atoms with van der Waals surface area (Å²) in [6.45, 7) is 1.69. The molecule has 1 N–H and O–H groups in total. The van der Waals surface area contributed by atoms with Gasteiger partial charge in [-0.2, -0.15) is 0 Å². The number of ether oxygens (including phenoxy) is 2. The van der Waals surface area contributed by atoms with Gasteiger partial charge in [0.15, 0.2) is 6.10 Å². The van der Waals surface area contributed by atoms with E-state index in [0.29, 0.717) is 16.9 Å². The summed E-state index contributed by atoms with van der Waals surface area (Å²) >= 11 is 0. The van der Waals surface area contributed by atoms with Gasteiger partial charge in [0.25, 0.3) is 0 Å². The molecule has 0 fully saturated rings. The van der Waals surface area contributed by atoms with Gasteiger partial charge in [-0.05, 0) is 31.2 Å². The quantitative estimate of drug-likeness (QED) is 0.575. The molecule has 0 unspecified atom stereocenters. The predicted molar refractivity (Wildman–Crippen MR) is 90.5 cm³/mol. The second kappa shape index (κ2) is 6.58. The van der Waals surface area contributed by atoms with Crippen LogP contribution < -0.4 is 4.74 Å². The fourth-order valence-corrected chi connectivity index (χ4v) is 2.57. The molecule has 1 atom stereocenters. The number of hydrogen-bond donors (Lipinski definition) is 1. The molecule has 0 bridgehead atoms. The number of methoxy groups -OCH3 is 1. The Hall–Kier alpha value is -3.08. The number of carbonyl (C=O) groups excluding carboxylic acids is 2. The highest BCUT2D eigenvalue weighted by molar-refractivity contribution is 6.09. The minimum atomic E-state index is -0.683. The standard InChI is InChI=1S/C19H17NO4/c1-12(24-14-7-5-6-13(10-14)19(22)23-2)18(21)16-11-20-17-9-4-3-8-15(16)17/h3-12,20H,1-2H3/t12-/m1/s1. The lowest BCUT2D eigenvalue weighted by Gasteiger charge is -2.14. The van der Waals surface area contributed by atoms with E-state index < -0.39 is 12.1 Å². The van der Waals surface area contributed by atoms with Crippen LogP contribution in [0.15, 0.2) is 54.7 Å². The van der Waals surface area contributed by atoms with Crippen LogP contribution in [0.1, 0.15) is 27.6 Å². The average molecular weight is 323 g/mol. The third kappa shape index (κ3) is 3.01. The molecule has 0 radical (unpaired) electrons. The van der Waals surface area contributed by atoms with E-state index in [9.17, 15) is 9.59 Å². The second-order valence-corrected chi connectivity index (χ2v) is 5.39. The first-order chi connectivity index (χ1) is 11.6. The van der Waals surface area contributed by atoms with Crippen LogP contribution in [-0.4, -0.2) is 30.0 Å². The number of H-pyrrole nitrogens is 1. The van der Waals surface area contributed by atoms with Crippen LogP contribution in [0.4, 0.5) is 0 Å². The van der Waals surface area contributed by atoms with Crippen molar-refractivity contribution in [3.05, 3.63) is 65.9 Å². The summed E-state index contributed by atoms with van der Waals surface area (Å²) in [5.74, 6) is -0.134. The zero-order valence-corrected chi connectivity index (χ0v) is 13.4. The topological polar surface area (TPSA) is 68.4 Å². The summed E-state index contributed by atoms with van der Waals surface area (Å²) < 4.78 is 10.4. The minimum absolute atomic E-state index is 0.129. The van der Waals surface area contributed by atoms with Crippen LogP contribution in [-0.2, 0) is 4.74 Å². The number of benzene rings is 2. The molecule has 0 aliphatic carbocycles. The zero-order chi connectivity index (χ0) is 17.1. The fraction of sp³-hybridized carbons (Fsp3) is 0.158. The maximum absolute atomic E-state index is 12.7. The third-order valence-corrected chi connectivity index (χ3v) is 3.79. The SMILES string of the molecule is COC(=O)c1cccc(O[C@H](C)C(=O)c2c[nH]c3ccccc23)c1. The van der Waals surface area contributed by atoms with E-state index in [4.69, 9.17) is 4.74 Å². The molecule has 5 nitrogen and oxygen atoms in total. The number of ketones is 1. The molecule has 2 aromatic carbocycles. The smallest absolute Gasteiger partial charge is 0.337 e. The van der Waals surface area contributed by atoms with Gasteiger partial charge in [-0.25, -0.2) is 4.79 Å². The molecule has 5 heteroatoms. The Labute approximate surface area is 139 Å². The first-order valence-corrected chi connectivity index (χ1v) is 7.55. The van der Waals surface area contributed by atoms with Crippen molar-refractivity contribution in [1.29, 1.82) is 0 Å². The molecule has 24 heavy (non-hydrogen) atoms. The lowest BCUT2D eigenvalue weighted by molar-refractivity contribution is 0.0600. The molecule has 0 saturated carbocycles. The number of nitrogens with one attached hydrogen (secondary N) is 1. The molecule has 0 amide bonds. The van der Waals surface area contributed by atoms with Crippen molar-refractivity contribution in [2.75, 3.05) is 7.11 Å². The van der Waals surface area contributed by atoms with Crippen molar-refractivity contribution >= 4 is 22.7 Å². The number of Topliss-reactive ketones (excluding diaryl/α,β-unsaturated/α-hetero) is 1. The highest BCUT2D eigenvalue weighted by atomic mass is 16.5. The van der Waals surface area contributed by atoms with Gasteiger partial charge in [0.2, 0.25) is 5.78 Å². The number of rotatable bonds is 5. The van der Waals surface area contributed by atoms with E-state index >= 15 is 0 Å². The van der Waals surface area contributed by atoms with Crippen molar-refractivity contribution in [2.45, 2.75) is 13.0 Å². The normalized spacial score (nSPS) is 11.9. The van der Waals surface area contributed by atoms with Crippen molar-refractivity contribution in [3.63, 3.8) is 0 Å². The fourth-order valence-electron chi connectivity index (χ4n) is 2.57. The zero-order valence-electron chi connectivity index (χ0n) is 13.4. The molecule has 122 valence electrons. The van der Waals surface area contributed by atoms with Crippen molar-refractivity contribution in [1.82, 2.24) is 4.98 Å². The summed E-state index contributed by atoms with van der Waals surface area (Å²) in [4.78, 5) is 27.3. The Morgan fingerprint density at radius 1 is 1.08 bits per heavy atom. The number of aromatic nitrogens is 1. The molecular formula is C19H17NO4. The Morgan fingerprint density at radius 2 is 1.88 bits per heavy atom. The predicted octanol–water partition coefficient (Wildman–Crippen LogP) is 3.60. The van der Waals surface area contributed by atoms with Crippen molar-refractivity contribution < 1.29 is 19.1 Å². The highest BCUT2D eigenvalue weighted by Crippen LogP contribution is 2.22. The summed E-state index contributed by atoms with van der Waals surface area (Å²) in [5.41, 5.74) is 1.87. The number of esters is 1. The van der Waals surface area contributed by atoms with Gasteiger partial charge in [0.05, 0.1) is 12.7 Å². The lowest BCUT2D eigenvalue weighted by Crippen LogP contribution is -2.23. The average Bonchev–Trinajstić information content (AvgIpc) is 3.04. The summed E-state index contributed by atoms with van der Waals surface area (Å²) in [7, 11) is 1.32. The molecule has 1 aromatic heterocycles. The molecule has 1 heterocycles. The third-order valence-electron chi connectivity index (χ3n) is 3.79. The van der Waals surface area contributed by atoms with Gasteiger partial charge in [0.1, 0.15) is 5.75 Å². The first-order valence-electron chi connectivity index (χ1n) is 7.55. The molecule has 0 aliphatic rings. The number of fused-ring (bicyclic) bond motifs is 1. The van der Waals surface area contributed by atoms with Crippen LogP contribution in [0.5, 0.6) is 5.75 Å². The Morgan fingerprint density at radius 3 is 2.67 bits per heavy atom. The number of carbonyl (C=O) groups is 2. The van der Waals surface area contributed by atoms with Crippen LogP contribution in [0.25, 0.3) is 10.9 Å². The van der Waals surface area contributed by atoms with Crippen molar-refractivity contribution in [3.8, 4) is 5.75 Å². The van der Waals surface area contributed by atoms with Gasteiger partial charge in [-0.15, -0.1) is 0 Å². The summed E-state index contributed by atoms with van der Waals surface area (Å²) in [6, 6.07) is 14.2. The van der Waals surface area contributed by atoms with Crippen LogP contribution in [0.3, 0.4) is 0 Å². The Kier molecular flexibility index (Phi) is 4.33. The van der Waals surface area contributed by atoms with Gasteiger partial charge >= 0.3 is 5.97 Å². The maximum atomic E-state index is 12.7. The second-order valence-electron chi connectivity index (χ2n) is 5.39. The minimum Gasteiger partial charge on any atom is -0.483 e. The Balaban J connectivity index is 1.81. The number of para-hydroxylation sites is 1. The van der Waals surface area contributed by atoms with E-state index in [2.05, 4.69) is 9.72 Å². The van der Waals surface area contributed by atoms with Crippen LogP contribution in [0, 0.1) is 0 Å². The van der Waals surface area contributed by atoms with Crippen LogP contribution >= 0.6 is 0 Å². The monoisotopic (exact) mass is 323 g/mol. The molecular weight excluding hydrogens is 306 g/mol. The summed E-state index contributed by atoms with van der Waals surface area (Å²) in [6.07, 6.45) is 1.01. The van der Waals surface area contributed by atoms with Gasteiger partial charge < -0.3 is 14.5 Å². The molecule has 0 saturated heterocycles.